The molecule has 0 aromatic heterocycles. The monoisotopic (exact) mass is 242 g/mol. The van der Waals surface area contributed by atoms with Crippen molar-refractivity contribution in [3.63, 3.8) is 0 Å². The van der Waals surface area contributed by atoms with E-state index in [9.17, 15) is 0 Å². The second kappa shape index (κ2) is 5.08. The van der Waals surface area contributed by atoms with Gasteiger partial charge in [0.1, 0.15) is 0 Å². The molecule has 0 aromatic carbocycles. The number of thiocarbonyl (C=S) groups is 1. The molecule has 0 amide bonds. The van der Waals surface area contributed by atoms with E-state index in [1.807, 2.05) is 20.8 Å². The summed E-state index contributed by atoms with van der Waals surface area (Å²) in [6.07, 6.45) is 5.48. The van der Waals surface area contributed by atoms with Gasteiger partial charge in [-0.05, 0) is 58.7 Å². The second-order valence-corrected chi connectivity index (χ2v) is 5.89. The summed E-state index contributed by atoms with van der Waals surface area (Å²) in [7, 11) is 0. The molecule has 4 nitrogen and oxygen atoms in total. The first-order valence-electron chi connectivity index (χ1n) is 5.85. The summed E-state index contributed by atoms with van der Waals surface area (Å²) in [6, 6.07) is 0. The van der Waals surface area contributed by atoms with Gasteiger partial charge in [0.25, 0.3) is 0 Å². The molecular formula is C11H22N4S. The quantitative estimate of drug-likeness (QED) is 0.578. The highest BCUT2D eigenvalue weighted by Gasteiger charge is 2.32. The Hall–Kier alpha value is -0.710. The zero-order chi connectivity index (χ0) is 12.2. The Morgan fingerprint density at radius 1 is 1.25 bits per heavy atom. The smallest absolute Gasteiger partial charge is 0.165 e. The highest BCUT2D eigenvalue weighted by atomic mass is 32.1. The molecule has 0 bridgehead atoms. The van der Waals surface area contributed by atoms with Crippen molar-refractivity contribution in [2.24, 2.45) is 16.0 Å². The van der Waals surface area contributed by atoms with Gasteiger partial charge < -0.3 is 11.1 Å². The number of rotatable bonds is 2. The van der Waals surface area contributed by atoms with Gasteiger partial charge in [-0.2, -0.15) is 10.2 Å². The Labute approximate surface area is 103 Å². The standard InChI is InChI=1S/C11H22N4S/c1-10(2,3)14-15-11(13-9(12)16)7-5-4-6-8-11/h4-8H2,1-3H3,(H3,12,13,16). The van der Waals surface area contributed by atoms with Gasteiger partial charge in [0.15, 0.2) is 10.8 Å². The minimum Gasteiger partial charge on any atom is -0.376 e. The van der Waals surface area contributed by atoms with Crippen molar-refractivity contribution in [1.82, 2.24) is 5.32 Å². The minimum absolute atomic E-state index is 0.150. The number of azo groups is 1. The normalized spacial score (nSPS) is 20.9. The fourth-order valence-corrected chi connectivity index (χ4v) is 2.05. The molecule has 0 aliphatic heterocycles. The minimum atomic E-state index is -0.350. The molecule has 0 aromatic rings. The Balaban J connectivity index is 2.77. The van der Waals surface area contributed by atoms with Gasteiger partial charge in [-0.3, -0.25) is 0 Å². The van der Waals surface area contributed by atoms with Gasteiger partial charge in [0.2, 0.25) is 0 Å². The number of nitrogens with two attached hydrogens (primary N) is 1. The number of hydrogen-bond acceptors (Lipinski definition) is 3. The van der Waals surface area contributed by atoms with Gasteiger partial charge >= 0.3 is 0 Å². The van der Waals surface area contributed by atoms with Crippen molar-refractivity contribution in [2.75, 3.05) is 0 Å². The van der Waals surface area contributed by atoms with Crippen molar-refractivity contribution in [3.8, 4) is 0 Å². The molecule has 0 saturated heterocycles. The molecule has 1 aliphatic carbocycles. The average Bonchev–Trinajstić information content (AvgIpc) is 2.14. The lowest BCUT2D eigenvalue weighted by Gasteiger charge is -2.34. The molecule has 3 N–H and O–H groups in total. The summed E-state index contributed by atoms with van der Waals surface area (Å²) < 4.78 is 0. The van der Waals surface area contributed by atoms with E-state index in [4.69, 9.17) is 18.0 Å². The van der Waals surface area contributed by atoms with Crippen LogP contribution < -0.4 is 11.1 Å². The second-order valence-electron chi connectivity index (χ2n) is 5.45. The van der Waals surface area contributed by atoms with Crippen molar-refractivity contribution in [3.05, 3.63) is 0 Å². The van der Waals surface area contributed by atoms with Gasteiger partial charge in [-0.1, -0.05) is 6.42 Å². The summed E-state index contributed by atoms with van der Waals surface area (Å²) in [6.45, 7) is 6.11. The number of nitrogens with one attached hydrogen (secondary N) is 1. The Morgan fingerprint density at radius 2 is 1.81 bits per heavy atom. The largest absolute Gasteiger partial charge is 0.376 e. The van der Waals surface area contributed by atoms with Crippen LogP contribution in [0, 0.1) is 0 Å². The van der Waals surface area contributed by atoms with Gasteiger partial charge in [-0.25, -0.2) is 0 Å². The molecule has 92 valence electrons. The third kappa shape index (κ3) is 4.43. The van der Waals surface area contributed by atoms with Gasteiger partial charge in [0, 0.05) is 0 Å². The molecule has 5 heteroatoms. The Kier molecular flexibility index (Phi) is 4.24. The lowest BCUT2D eigenvalue weighted by Crippen LogP contribution is -2.50. The fourth-order valence-electron chi connectivity index (χ4n) is 1.86. The van der Waals surface area contributed by atoms with Crippen LogP contribution in [0.5, 0.6) is 0 Å². The van der Waals surface area contributed by atoms with E-state index in [0.29, 0.717) is 5.11 Å². The highest BCUT2D eigenvalue weighted by Crippen LogP contribution is 2.30. The fraction of sp³-hybridized carbons (Fsp3) is 0.909. The summed E-state index contributed by atoms with van der Waals surface area (Å²) >= 11 is 4.92. The van der Waals surface area contributed by atoms with Crippen LogP contribution in [0.25, 0.3) is 0 Å². The van der Waals surface area contributed by atoms with E-state index < -0.39 is 0 Å². The lowest BCUT2D eigenvalue weighted by molar-refractivity contribution is 0.256. The molecule has 0 radical (unpaired) electrons. The molecule has 0 spiro atoms. The van der Waals surface area contributed by atoms with Crippen LogP contribution in [-0.2, 0) is 0 Å². The maximum atomic E-state index is 5.57. The van der Waals surface area contributed by atoms with E-state index in [2.05, 4.69) is 15.5 Å². The molecular weight excluding hydrogens is 220 g/mol. The molecule has 0 unspecified atom stereocenters. The SMILES string of the molecule is CC(C)(C)N=NC1(NC(N)=S)CCCCC1. The molecule has 1 fully saturated rings. The van der Waals surface area contributed by atoms with Gasteiger partial charge in [-0.15, -0.1) is 0 Å². The highest BCUT2D eigenvalue weighted by molar-refractivity contribution is 7.80. The Morgan fingerprint density at radius 3 is 2.25 bits per heavy atom. The van der Waals surface area contributed by atoms with Crippen LogP contribution >= 0.6 is 12.2 Å². The third-order valence-electron chi connectivity index (χ3n) is 2.58. The lowest BCUT2D eigenvalue weighted by atomic mass is 9.90. The van der Waals surface area contributed by atoms with Crippen LogP contribution in [0.2, 0.25) is 0 Å². The number of hydrogen-bond donors (Lipinski definition) is 2. The van der Waals surface area contributed by atoms with E-state index in [0.717, 1.165) is 25.7 Å². The first-order chi connectivity index (χ1) is 7.33. The van der Waals surface area contributed by atoms with Crippen LogP contribution in [0.1, 0.15) is 52.9 Å². The van der Waals surface area contributed by atoms with E-state index in [-0.39, 0.29) is 11.2 Å². The average molecular weight is 242 g/mol. The molecule has 0 heterocycles. The van der Waals surface area contributed by atoms with Crippen LogP contribution in [0.15, 0.2) is 10.2 Å². The molecule has 16 heavy (non-hydrogen) atoms. The third-order valence-corrected chi connectivity index (χ3v) is 2.68. The zero-order valence-corrected chi connectivity index (χ0v) is 11.2. The van der Waals surface area contributed by atoms with Crippen molar-refractivity contribution >= 4 is 17.3 Å². The maximum Gasteiger partial charge on any atom is 0.165 e. The summed E-state index contributed by atoms with van der Waals surface area (Å²) in [5.74, 6) is 0. The van der Waals surface area contributed by atoms with Crippen LogP contribution in [-0.4, -0.2) is 16.3 Å². The summed E-state index contributed by atoms with van der Waals surface area (Å²) in [5, 5.41) is 12.3. The van der Waals surface area contributed by atoms with E-state index >= 15 is 0 Å². The van der Waals surface area contributed by atoms with Gasteiger partial charge in [0.05, 0.1) is 5.54 Å². The van der Waals surface area contributed by atoms with Crippen molar-refractivity contribution < 1.29 is 0 Å². The van der Waals surface area contributed by atoms with Crippen LogP contribution in [0.3, 0.4) is 0 Å². The molecule has 1 saturated carbocycles. The van der Waals surface area contributed by atoms with E-state index in [1.165, 1.54) is 6.42 Å². The first kappa shape index (κ1) is 13.4. The summed E-state index contributed by atoms with van der Waals surface area (Å²) in [4.78, 5) is 0. The van der Waals surface area contributed by atoms with Crippen molar-refractivity contribution in [1.29, 1.82) is 0 Å². The van der Waals surface area contributed by atoms with Crippen LogP contribution in [0.4, 0.5) is 0 Å². The molecule has 1 rings (SSSR count). The topological polar surface area (TPSA) is 62.8 Å². The maximum absolute atomic E-state index is 5.57. The zero-order valence-electron chi connectivity index (χ0n) is 10.4. The number of nitrogens with zero attached hydrogens (tertiary/aromatic N) is 2. The van der Waals surface area contributed by atoms with Crippen molar-refractivity contribution in [2.45, 2.75) is 64.1 Å². The predicted molar refractivity (Wildman–Crippen MR) is 70.3 cm³/mol. The predicted octanol–water partition coefficient (Wildman–Crippen LogP) is 2.73. The molecule has 1 aliphatic rings. The van der Waals surface area contributed by atoms with E-state index in [1.54, 1.807) is 0 Å². The molecule has 0 atom stereocenters. The Bertz CT molecular complexity index is 274. The summed E-state index contributed by atoms with van der Waals surface area (Å²) in [5.41, 5.74) is 5.07. The first-order valence-corrected chi connectivity index (χ1v) is 6.26.